The first-order chi connectivity index (χ1) is 18.7. The quantitative estimate of drug-likeness (QED) is 0.415. The van der Waals surface area contributed by atoms with E-state index in [4.69, 9.17) is 4.74 Å². The summed E-state index contributed by atoms with van der Waals surface area (Å²) in [5, 5.41) is 8.37. The first kappa shape index (κ1) is 25.3. The molecule has 0 bridgehead atoms. The third-order valence-corrected chi connectivity index (χ3v) is 7.71. The van der Waals surface area contributed by atoms with Crippen molar-refractivity contribution < 1.29 is 27.3 Å². The van der Waals surface area contributed by atoms with Gasteiger partial charge in [0.1, 0.15) is 0 Å². The van der Waals surface area contributed by atoms with Gasteiger partial charge in [0.25, 0.3) is 0 Å². The van der Waals surface area contributed by atoms with Crippen LogP contribution < -0.4 is 5.69 Å². The zero-order chi connectivity index (χ0) is 27.3. The molecule has 1 aliphatic carbocycles. The van der Waals surface area contributed by atoms with Crippen LogP contribution >= 0.6 is 0 Å². The fourth-order valence-electron chi connectivity index (χ4n) is 5.55. The summed E-state index contributed by atoms with van der Waals surface area (Å²) in [5.74, 6) is 0.328. The van der Waals surface area contributed by atoms with Gasteiger partial charge in [0.2, 0.25) is 0 Å². The monoisotopic (exact) mass is 540 g/mol. The average Bonchev–Trinajstić information content (AvgIpc) is 3.44. The Kier molecular flexibility index (Phi) is 6.27. The van der Waals surface area contributed by atoms with Crippen molar-refractivity contribution in [1.82, 2.24) is 13.9 Å². The van der Waals surface area contributed by atoms with Crippen LogP contribution in [0.25, 0.3) is 11.2 Å². The minimum Gasteiger partial charge on any atom is -0.449 e. The predicted octanol–water partition coefficient (Wildman–Crippen LogP) is 4.96. The molecular weight excluding hydrogens is 513 g/mol. The van der Waals surface area contributed by atoms with Crippen molar-refractivity contribution in [2.75, 3.05) is 20.2 Å². The lowest BCUT2D eigenvalue weighted by Crippen LogP contribution is -2.37. The molecule has 6 rings (SSSR count). The molecule has 203 valence electrons. The number of fused-ring (bicyclic) bond motifs is 1. The highest BCUT2D eigenvalue weighted by Crippen LogP contribution is 2.46. The molecule has 0 N–H and O–H groups in total. The third-order valence-electron chi connectivity index (χ3n) is 7.71. The van der Waals surface area contributed by atoms with Crippen molar-refractivity contribution in [3.8, 4) is 5.69 Å². The molecule has 3 aliphatic rings. The van der Waals surface area contributed by atoms with Crippen molar-refractivity contribution in [1.29, 1.82) is 0 Å². The first-order valence-corrected chi connectivity index (χ1v) is 12.9. The molecule has 1 saturated carbocycles. The van der Waals surface area contributed by atoms with Crippen molar-refractivity contribution in [3.05, 3.63) is 76.1 Å². The molecule has 3 aromatic rings. The predicted molar refractivity (Wildman–Crippen MR) is 135 cm³/mol. The van der Waals surface area contributed by atoms with E-state index in [0.717, 1.165) is 41.5 Å². The molecule has 2 fully saturated rings. The molecular formula is C27H27F3N6O3+. The van der Waals surface area contributed by atoms with Crippen molar-refractivity contribution in [2.24, 2.45) is 16.1 Å². The minimum absolute atomic E-state index is 0.0411. The smallest absolute Gasteiger partial charge is 0.418 e. The summed E-state index contributed by atoms with van der Waals surface area (Å²) in [5.41, 5.74) is -0.252. The van der Waals surface area contributed by atoms with Crippen LogP contribution in [0.2, 0.25) is 0 Å². The normalized spacial score (nSPS) is 19.3. The van der Waals surface area contributed by atoms with Crippen LogP contribution in [0.3, 0.4) is 0 Å². The second-order valence-corrected chi connectivity index (χ2v) is 10.2. The first-order valence-electron chi connectivity index (χ1n) is 12.9. The number of alkyl halides is 3. The van der Waals surface area contributed by atoms with Gasteiger partial charge in [0.15, 0.2) is 0 Å². The maximum atomic E-state index is 14.2. The lowest BCUT2D eigenvalue weighted by Gasteiger charge is -2.34. The Morgan fingerprint density at radius 3 is 2.64 bits per heavy atom. The van der Waals surface area contributed by atoms with Crippen LogP contribution in [-0.4, -0.2) is 51.1 Å². The standard InChI is InChI=1S/C27H27F3N6O3/c1-33-16-31-32-24(33)23(18-5-2-6-18)19-7-3-8-20(12-19)35-15-22-21(27(28,29)30)11-17(14-36(22)25(35)37)13-34-9-4-10-39-26(34)38/h3,7-8,11-12,14-16,18,23H,2,4-6,9-10,13H2,1H3/q+1/t23-/m1/s1. The van der Waals surface area contributed by atoms with Gasteiger partial charge in [0.05, 0.1) is 48.0 Å². The van der Waals surface area contributed by atoms with Gasteiger partial charge in [-0.1, -0.05) is 18.6 Å². The maximum absolute atomic E-state index is 14.2. The number of imidazole rings is 1. The number of cyclic esters (lactones) is 1. The zero-order valence-electron chi connectivity index (χ0n) is 21.3. The minimum atomic E-state index is -4.70. The fraction of sp³-hybridized carbons (Fsp3) is 0.407. The summed E-state index contributed by atoms with van der Waals surface area (Å²) in [6.07, 6.45) is 3.56. The summed E-state index contributed by atoms with van der Waals surface area (Å²) >= 11 is 0. The number of hydrogen-bond acceptors (Lipinski definition) is 5. The van der Waals surface area contributed by atoms with E-state index >= 15 is 0 Å². The van der Waals surface area contributed by atoms with Gasteiger partial charge < -0.3 is 9.64 Å². The number of benzene rings is 1. The average molecular weight is 541 g/mol. The highest BCUT2D eigenvalue weighted by atomic mass is 19.4. The number of carbonyl (C=O) groups is 1. The number of likely N-dealkylation sites (N-methyl/N-ethyl adjacent to an activating group) is 1. The van der Waals surface area contributed by atoms with Crippen LogP contribution in [0.5, 0.6) is 0 Å². The van der Waals surface area contributed by atoms with E-state index in [1.54, 1.807) is 18.5 Å². The number of aromatic nitrogens is 2. The molecule has 1 aromatic carbocycles. The topological polar surface area (TPSA) is 83.7 Å². The molecule has 4 heterocycles. The summed E-state index contributed by atoms with van der Waals surface area (Å²) in [4.78, 5) is 26.9. The summed E-state index contributed by atoms with van der Waals surface area (Å²) in [6, 6.07) is 8.31. The summed E-state index contributed by atoms with van der Waals surface area (Å²) in [6.45, 7) is 0.558. The Bertz CT molecular complexity index is 1550. The molecule has 2 aromatic heterocycles. The lowest BCUT2D eigenvalue weighted by atomic mass is 9.71. The largest absolute Gasteiger partial charge is 0.449 e. The van der Waals surface area contributed by atoms with Gasteiger partial charge in [0, 0.05) is 18.9 Å². The molecule has 9 nitrogen and oxygen atoms in total. The van der Waals surface area contributed by atoms with Gasteiger partial charge in [-0.3, -0.25) is 8.97 Å². The highest BCUT2D eigenvalue weighted by molar-refractivity contribution is 5.68. The molecule has 0 unspecified atom stereocenters. The van der Waals surface area contributed by atoms with Gasteiger partial charge >= 0.3 is 30.5 Å². The number of rotatable bonds is 6. The molecule has 1 saturated heterocycles. The molecule has 12 heteroatoms. The molecule has 1 radical (unpaired) electrons. The zero-order valence-corrected chi connectivity index (χ0v) is 21.3. The summed E-state index contributed by atoms with van der Waals surface area (Å²) < 4.78 is 51.6. The van der Waals surface area contributed by atoms with Gasteiger partial charge in [-0.05, 0) is 59.6 Å². The van der Waals surface area contributed by atoms with E-state index in [2.05, 4.69) is 10.2 Å². The van der Waals surface area contributed by atoms with Crippen LogP contribution in [0.4, 0.5) is 18.0 Å². The number of azo groups is 1. The Morgan fingerprint density at radius 1 is 1.15 bits per heavy atom. The molecule has 0 spiro atoms. The fourth-order valence-corrected chi connectivity index (χ4v) is 5.55. The molecule has 2 aliphatic heterocycles. The van der Waals surface area contributed by atoms with Crippen LogP contribution in [0.15, 0.2) is 57.7 Å². The highest BCUT2D eigenvalue weighted by Gasteiger charge is 2.42. The summed E-state index contributed by atoms with van der Waals surface area (Å²) in [7, 11) is 1.88. The van der Waals surface area contributed by atoms with Crippen molar-refractivity contribution >= 4 is 17.9 Å². The number of pyridine rings is 1. The third kappa shape index (κ3) is 4.61. The Labute approximate surface area is 221 Å². The van der Waals surface area contributed by atoms with Gasteiger partial charge in [-0.15, -0.1) is 0 Å². The number of hydrogen-bond donors (Lipinski definition) is 0. The van der Waals surface area contributed by atoms with E-state index in [-0.39, 0.29) is 30.1 Å². The van der Waals surface area contributed by atoms with Crippen molar-refractivity contribution in [3.63, 3.8) is 0 Å². The van der Waals surface area contributed by atoms with E-state index < -0.39 is 23.5 Å². The number of ether oxygens (including phenoxy) is 1. The number of halogens is 3. The van der Waals surface area contributed by atoms with Gasteiger partial charge in [-0.2, -0.15) is 13.2 Å². The Morgan fingerprint density at radius 2 is 1.97 bits per heavy atom. The number of carbonyl (C=O) groups excluding carboxylic acids is 1. The van der Waals surface area contributed by atoms with Crippen LogP contribution in [0, 0.1) is 12.1 Å². The second-order valence-electron chi connectivity index (χ2n) is 10.2. The number of amides is 1. The maximum Gasteiger partial charge on any atom is 0.418 e. The van der Waals surface area contributed by atoms with E-state index in [1.165, 1.54) is 21.9 Å². The molecule has 1 atom stereocenters. The number of nitrogens with zero attached hydrogens (tertiary/aromatic N) is 6. The van der Waals surface area contributed by atoms with Gasteiger partial charge in [-0.25, -0.2) is 14.2 Å². The molecule has 39 heavy (non-hydrogen) atoms. The van der Waals surface area contributed by atoms with E-state index in [1.807, 2.05) is 23.8 Å². The van der Waals surface area contributed by atoms with Crippen molar-refractivity contribution in [2.45, 2.75) is 44.3 Å². The van der Waals surface area contributed by atoms with Crippen LogP contribution in [-0.2, 0) is 17.5 Å². The SMILES string of the molecule is C[N+]1=CN=N[C]1[C@@H](c1cccc(-n2cc3c(C(F)(F)F)cc(CN4CCCOC4=O)cn3c2=O)c1)C1CCC1. The lowest BCUT2D eigenvalue weighted by molar-refractivity contribution is -0.480. The Hall–Kier alpha value is -3.96. The van der Waals surface area contributed by atoms with Crippen LogP contribution in [0.1, 0.15) is 48.3 Å². The Balaban J connectivity index is 1.42. The van der Waals surface area contributed by atoms with E-state index in [0.29, 0.717) is 24.6 Å². The second kappa shape index (κ2) is 9.65. The molecule has 1 amide bonds. The van der Waals surface area contributed by atoms with E-state index in [9.17, 15) is 22.8 Å².